The zero-order chi connectivity index (χ0) is 17.1. The molecule has 0 spiro atoms. The van der Waals surface area contributed by atoms with Crippen LogP contribution in [0.2, 0.25) is 0 Å². The smallest absolute Gasteiger partial charge is 0.352 e. The van der Waals surface area contributed by atoms with Crippen molar-refractivity contribution in [1.29, 1.82) is 0 Å². The number of rotatable bonds is 5. The molecule has 1 fully saturated rings. The van der Waals surface area contributed by atoms with Crippen molar-refractivity contribution >= 4 is 29.4 Å². The summed E-state index contributed by atoms with van der Waals surface area (Å²) in [7, 11) is 0. The minimum absolute atomic E-state index is 0.128. The van der Waals surface area contributed by atoms with E-state index in [1.54, 1.807) is 26.0 Å². The molecule has 7 heteroatoms. The van der Waals surface area contributed by atoms with Gasteiger partial charge in [-0.2, -0.15) is 0 Å². The largest absolute Gasteiger partial charge is 0.477 e. The predicted octanol–water partition coefficient (Wildman–Crippen LogP) is 1.50. The van der Waals surface area contributed by atoms with Gasteiger partial charge in [0.25, 0.3) is 5.91 Å². The Bertz CT molecular complexity index is 668. The Morgan fingerprint density at radius 3 is 2.35 bits per heavy atom. The average molecular weight is 337 g/mol. The van der Waals surface area contributed by atoms with Crippen LogP contribution >= 0.6 is 11.6 Å². The number of halogens is 1. The van der Waals surface area contributed by atoms with Crippen LogP contribution in [0.25, 0.3) is 0 Å². The molecule has 1 aromatic carbocycles. The van der Waals surface area contributed by atoms with Crippen LogP contribution in [-0.4, -0.2) is 39.3 Å². The molecule has 2 rings (SSSR count). The SMILES string of the molecule is CC(C)=C(C(=O)O)N1C(=O)[C@H](NC(=O)Cc2ccccc2)[C@H]1Cl. The first-order valence-electron chi connectivity index (χ1n) is 7.04. The molecule has 1 aromatic rings. The number of aliphatic carboxylic acids is 1. The number of alkyl halides is 1. The fraction of sp³-hybridized carbons (Fsp3) is 0.312. The molecule has 0 aliphatic carbocycles. The van der Waals surface area contributed by atoms with E-state index in [0.29, 0.717) is 5.57 Å². The summed E-state index contributed by atoms with van der Waals surface area (Å²) < 4.78 is 0. The van der Waals surface area contributed by atoms with Crippen LogP contribution in [-0.2, 0) is 20.8 Å². The van der Waals surface area contributed by atoms with Crippen molar-refractivity contribution in [2.75, 3.05) is 0 Å². The fourth-order valence-corrected chi connectivity index (χ4v) is 2.75. The number of carbonyl (C=O) groups excluding carboxylic acids is 2. The number of carboxylic acids is 1. The number of nitrogens with one attached hydrogen (secondary N) is 1. The molecular formula is C16H17ClN2O4. The van der Waals surface area contributed by atoms with E-state index in [1.807, 2.05) is 18.2 Å². The molecule has 2 atom stereocenters. The van der Waals surface area contributed by atoms with Crippen LogP contribution in [0.1, 0.15) is 19.4 Å². The van der Waals surface area contributed by atoms with Crippen LogP contribution in [0.5, 0.6) is 0 Å². The predicted molar refractivity (Wildman–Crippen MR) is 84.6 cm³/mol. The van der Waals surface area contributed by atoms with E-state index in [0.717, 1.165) is 10.5 Å². The summed E-state index contributed by atoms with van der Waals surface area (Å²) in [6, 6.07) is 8.17. The zero-order valence-corrected chi connectivity index (χ0v) is 13.5. The number of benzene rings is 1. The van der Waals surface area contributed by atoms with Gasteiger partial charge in [0.2, 0.25) is 5.91 Å². The molecule has 0 bridgehead atoms. The number of β-lactam (4-membered cyclic amide) rings is 1. The summed E-state index contributed by atoms with van der Waals surface area (Å²) >= 11 is 6.10. The number of carbonyl (C=O) groups is 3. The van der Waals surface area contributed by atoms with Crippen LogP contribution in [0.3, 0.4) is 0 Å². The van der Waals surface area contributed by atoms with E-state index in [-0.39, 0.29) is 18.0 Å². The number of hydrogen-bond donors (Lipinski definition) is 2. The van der Waals surface area contributed by atoms with Gasteiger partial charge >= 0.3 is 5.97 Å². The van der Waals surface area contributed by atoms with Gasteiger partial charge in [0.15, 0.2) is 0 Å². The van der Waals surface area contributed by atoms with Crippen LogP contribution in [0, 0.1) is 0 Å². The van der Waals surface area contributed by atoms with Gasteiger partial charge in [0.05, 0.1) is 6.42 Å². The molecule has 1 aliphatic rings. The summed E-state index contributed by atoms with van der Waals surface area (Å²) in [6.45, 7) is 3.17. The van der Waals surface area contributed by atoms with Gasteiger partial charge in [-0.1, -0.05) is 41.9 Å². The second kappa shape index (κ2) is 6.83. The maximum atomic E-state index is 12.1. The lowest BCUT2D eigenvalue weighted by Gasteiger charge is -2.43. The molecule has 122 valence electrons. The Kier molecular flexibility index (Phi) is 5.05. The maximum Gasteiger partial charge on any atom is 0.352 e. The highest BCUT2D eigenvalue weighted by Gasteiger charge is 2.50. The van der Waals surface area contributed by atoms with Crippen molar-refractivity contribution in [3.05, 3.63) is 47.2 Å². The minimum atomic E-state index is -1.22. The number of likely N-dealkylation sites (tertiary alicyclic amines) is 1. The molecule has 2 N–H and O–H groups in total. The third-order valence-corrected chi connectivity index (χ3v) is 3.91. The normalized spacial score (nSPS) is 19.8. The fourth-order valence-electron chi connectivity index (χ4n) is 2.38. The maximum absolute atomic E-state index is 12.1. The third kappa shape index (κ3) is 3.53. The highest BCUT2D eigenvalue weighted by Crippen LogP contribution is 2.30. The Morgan fingerprint density at radius 1 is 1.26 bits per heavy atom. The van der Waals surface area contributed by atoms with Gasteiger partial charge in [-0.05, 0) is 25.0 Å². The van der Waals surface area contributed by atoms with Gasteiger partial charge in [0.1, 0.15) is 17.2 Å². The van der Waals surface area contributed by atoms with Crippen molar-refractivity contribution in [2.24, 2.45) is 0 Å². The summed E-state index contributed by atoms with van der Waals surface area (Å²) in [5, 5.41) is 11.7. The first kappa shape index (κ1) is 17.0. The standard InChI is InChI=1S/C16H17ClN2O4/c1-9(2)13(16(22)23)19-14(17)12(15(19)21)18-11(20)8-10-6-4-3-5-7-10/h3-7,12,14H,8H2,1-2H3,(H,18,20)(H,22,23)/t12-,14+/m1/s1. The lowest BCUT2D eigenvalue weighted by atomic mass is 10.0. The first-order chi connectivity index (χ1) is 10.8. The topological polar surface area (TPSA) is 86.7 Å². The summed E-state index contributed by atoms with van der Waals surface area (Å²) in [5.74, 6) is -2.09. The lowest BCUT2D eigenvalue weighted by Crippen LogP contribution is -2.68. The van der Waals surface area contributed by atoms with Gasteiger partial charge < -0.3 is 10.4 Å². The number of hydrogen-bond acceptors (Lipinski definition) is 3. The Labute approximate surface area is 138 Å². The average Bonchev–Trinajstić information content (AvgIpc) is 2.50. The van der Waals surface area contributed by atoms with E-state index < -0.39 is 23.4 Å². The van der Waals surface area contributed by atoms with E-state index in [1.165, 1.54) is 0 Å². The van der Waals surface area contributed by atoms with E-state index >= 15 is 0 Å². The summed E-state index contributed by atoms with van der Waals surface area (Å²) in [5.41, 5.74) is 0.215. The monoisotopic (exact) mass is 336 g/mol. The molecular weight excluding hydrogens is 320 g/mol. The molecule has 1 saturated heterocycles. The second-order valence-corrected chi connectivity index (χ2v) is 5.89. The number of allylic oxidation sites excluding steroid dienone is 1. The van der Waals surface area contributed by atoms with Gasteiger partial charge in [0, 0.05) is 0 Å². The minimum Gasteiger partial charge on any atom is -0.477 e. The van der Waals surface area contributed by atoms with Crippen molar-refractivity contribution in [3.63, 3.8) is 0 Å². The molecule has 0 aromatic heterocycles. The van der Waals surface area contributed by atoms with Crippen molar-refractivity contribution < 1.29 is 19.5 Å². The molecule has 0 unspecified atom stereocenters. The Balaban J connectivity index is 2.02. The van der Waals surface area contributed by atoms with E-state index in [9.17, 15) is 19.5 Å². The lowest BCUT2D eigenvalue weighted by molar-refractivity contribution is -0.150. The van der Waals surface area contributed by atoms with Crippen LogP contribution in [0.4, 0.5) is 0 Å². The summed E-state index contributed by atoms with van der Waals surface area (Å²) in [6.07, 6.45) is 0.128. The second-order valence-electron chi connectivity index (χ2n) is 5.44. The Morgan fingerprint density at radius 2 is 1.87 bits per heavy atom. The molecule has 0 saturated carbocycles. The van der Waals surface area contributed by atoms with Gasteiger partial charge in [-0.3, -0.25) is 14.5 Å². The number of amides is 2. The molecule has 23 heavy (non-hydrogen) atoms. The number of carboxylic acid groups (broad SMARTS) is 1. The van der Waals surface area contributed by atoms with Gasteiger partial charge in [-0.15, -0.1) is 0 Å². The van der Waals surface area contributed by atoms with Crippen molar-refractivity contribution in [2.45, 2.75) is 31.8 Å². The molecule has 2 amide bonds. The van der Waals surface area contributed by atoms with E-state index in [2.05, 4.69) is 5.32 Å². The van der Waals surface area contributed by atoms with Crippen LogP contribution < -0.4 is 5.32 Å². The highest BCUT2D eigenvalue weighted by molar-refractivity contribution is 6.27. The van der Waals surface area contributed by atoms with E-state index in [4.69, 9.17) is 11.6 Å². The first-order valence-corrected chi connectivity index (χ1v) is 7.47. The molecule has 1 heterocycles. The third-order valence-electron chi connectivity index (χ3n) is 3.47. The Hall–Kier alpha value is -2.34. The zero-order valence-electron chi connectivity index (χ0n) is 12.7. The molecule has 0 radical (unpaired) electrons. The molecule has 1 aliphatic heterocycles. The summed E-state index contributed by atoms with van der Waals surface area (Å²) in [4.78, 5) is 36.4. The molecule has 6 nitrogen and oxygen atoms in total. The highest BCUT2D eigenvalue weighted by atomic mass is 35.5. The quantitative estimate of drug-likeness (QED) is 0.369. The number of nitrogens with zero attached hydrogens (tertiary/aromatic N) is 1. The van der Waals surface area contributed by atoms with Crippen molar-refractivity contribution in [3.8, 4) is 0 Å². The van der Waals surface area contributed by atoms with Crippen LogP contribution in [0.15, 0.2) is 41.6 Å². The van der Waals surface area contributed by atoms with Gasteiger partial charge in [-0.25, -0.2) is 4.79 Å². The van der Waals surface area contributed by atoms with Crippen molar-refractivity contribution in [1.82, 2.24) is 10.2 Å².